The van der Waals surface area contributed by atoms with Gasteiger partial charge in [0.1, 0.15) is 5.41 Å². The number of allylic oxidation sites excluding steroid dienone is 1. The Morgan fingerprint density at radius 2 is 1.43 bits per heavy atom. The summed E-state index contributed by atoms with van der Waals surface area (Å²) in [6.45, 7) is 0. The molecule has 3 heteroatoms. The van der Waals surface area contributed by atoms with Crippen molar-refractivity contribution in [2.75, 3.05) is 5.75 Å². The molecule has 0 amide bonds. The summed E-state index contributed by atoms with van der Waals surface area (Å²) in [5, 5.41) is 1.56. The molecule has 0 saturated heterocycles. The van der Waals surface area contributed by atoms with Crippen molar-refractivity contribution in [3.8, 4) is 0 Å². The number of hydrogen-bond acceptors (Lipinski definition) is 2. The first-order chi connectivity index (χ1) is 10.2. The summed E-state index contributed by atoms with van der Waals surface area (Å²) in [6, 6.07) is 19.2. The van der Waals surface area contributed by atoms with Crippen molar-refractivity contribution in [2.24, 2.45) is 0 Å². The Morgan fingerprint density at radius 1 is 0.905 bits per heavy atom. The Morgan fingerprint density at radius 3 is 2.00 bits per heavy atom. The van der Waals surface area contributed by atoms with Crippen LogP contribution in [0.1, 0.15) is 11.1 Å². The zero-order chi connectivity index (χ0) is 14.9. The van der Waals surface area contributed by atoms with Crippen molar-refractivity contribution < 1.29 is 9.35 Å². The molecule has 1 unspecified atom stereocenters. The normalized spacial score (nSPS) is 12.8. The van der Waals surface area contributed by atoms with Crippen LogP contribution >= 0.6 is 0 Å². The van der Waals surface area contributed by atoms with Gasteiger partial charge in [-0.1, -0.05) is 66.7 Å². The van der Waals surface area contributed by atoms with Gasteiger partial charge < -0.3 is 4.55 Å². The van der Waals surface area contributed by atoms with Crippen molar-refractivity contribution >= 4 is 29.1 Å². The third-order valence-electron chi connectivity index (χ3n) is 2.76. The highest BCUT2D eigenvalue weighted by molar-refractivity contribution is 7.95. The molecule has 0 N–H and O–H groups in total. The first-order valence-electron chi connectivity index (χ1n) is 6.60. The summed E-state index contributed by atoms with van der Waals surface area (Å²) in [5.74, 6) is -0.137. The average Bonchev–Trinajstić information content (AvgIpc) is 2.53. The minimum absolute atomic E-state index is 0.00661. The molecule has 0 aliphatic carbocycles. The lowest BCUT2D eigenvalue weighted by atomic mass is 10.2. The van der Waals surface area contributed by atoms with Gasteiger partial charge in [-0.15, -0.1) is 0 Å². The maximum atomic E-state index is 11.8. The van der Waals surface area contributed by atoms with Crippen LogP contribution < -0.4 is 0 Å². The minimum atomic E-state index is -1.29. The number of ketones is 1. The van der Waals surface area contributed by atoms with E-state index in [9.17, 15) is 9.35 Å². The van der Waals surface area contributed by atoms with Crippen LogP contribution in [0.2, 0.25) is 0 Å². The number of carbonyl (C=O) groups is 1. The largest absolute Gasteiger partial charge is 0.612 e. The first kappa shape index (κ1) is 15.3. The predicted octanol–water partition coefficient (Wildman–Crippen LogP) is 3.69. The lowest BCUT2D eigenvalue weighted by Gasteiger charge is -2.02. The molecule has 0 aromatic heterocycles. The van der Waals surface area contributed by atoms with Crippen LogP contribution in [0.25, 0.3) is 12.2 Å². The van der Waals surface area contributed by atoms with Crippen LogP contribution in [0.15, 0.2) is 72.1 Å². The van der Waals surface area contributed by atoms with Gasteiger partial charge in [0.25, 0.3) is 0 Å². The van der Waals surface area contributed by atoms with E-state index < -0.39 is 11.2 Å². The van der Waals surface area contributed by atoms with E-state index in [-0.39, 0.29) is 11.5 Å². The number of rotatable bonds is 6. The Hall–Kier alpha value is -2.10. The van der Waals surface area contributed by atoms with Gasteiger partial charge in [0.2, 0.25) is 5.78 Å². The van der Waals surface area contributed by atoms with Crippen LogP contribution in [0.3, 0.4) is 0 Å². The van der Waals surface area contributed by atoms with Gasteiger partial charge in [0.15, 0.2) is 5.75 Å². The summed E-state index contributed by atoms with van der Waals surface area (Å²) in [5.41, 5.74) is 1.93. The molecule has 2 rings (SSSR count). The maximum absolute atomic E-state index is 11.8. The Balaban J connectivity index is 1.85. The van der Waals surface area contributed by atoms with Crippen molar-refractivity contribution in [1.82, 2.24) is 0 Å². The standard InChI is InChI=1S/C18H16O2S/c19-18(12-11-16-7-3-1-4-8-16)15-21(20)14-13-17-9-5-2-6-10-17/h1-14H,15H2/b12-11-,14-13?. The van der Waals surface area contributed by atoms with E-state index in [0.29, 0.717) is 0 Å². The van der Waals surface area contributed by atoms with Gasteiger partial charge in [0, 0.05) is 0 Å². The van der Waals surface area contributed by atoms with Gasteiger partial charge in [0.05, 0.1) is 0 Å². The third kappa shape index (κ3) is 5.81. The highest BCUT2D eigenvalue weighted by Crippen LogP contribution is 2.05. The minimum Gasteiger partial charge on any atom is -0.612 e. The highest BCUT2D eigenvalue weighted by Gasteiger charge is 2.07. The molecule has 2 nitrogen and oxygen atoms in total. The summed E-state index contributed by atoms with van der Waals surface area (Å²) >= 11 is -1.29. The monoisotopic (exact) mass is 296 g/mol. The molecule has 2 aromatic rings. The molecule has 0 fully saturated rings. The Kier molecular flexibility index (Phi) is 6.00. The number of benzene rings is 2. The molecule has 1 atom stereocenters. The van der Waals surface area contributed by atoms with E-state index in [1.54, 1.807) is 17.6 Å². The fourth-order valence-electron chi connectivity index (χ4n) is 1.71. The van der Waals surface area contributed by atoms with Crippen LogP contribution in [0, 0.1) is 0 Å². The summed E-state index contributed by atoms with van der Waals surface area (Å²) in [7, 11) is 0. The molecular weight excluding hydrogens is 280 g/mol. The highest BCUT2D eigenvalue weighted by atomic mass is 32.2. The van der Waals surface area contributed by atoms with Gasteiger partial charge in [-0.05, 0) is 34.5 Å². The van der Waals surface area contributed by atoms with Crippen molar-refractivity contribution in [1.29, 1.82) is 0 Å². The van der Waals surface area contributed by atoms with Gasteiger partial charge >= 0.3 is 0 Å². The fraction of sp³-hybridized carbons (Fsp3) is 0.0556. The number of carbonyl (C=O) groups excluding carboxylic acids is 1. The van der Waals surface area contributed by atoms with E-state index in [4.69, 9.17) is 0 Å². The topological polar surface area (TPSA) is 40.1 Å². The fourth-order valence-corrected chi connectivity index (χ4v) is 2.49. The molecule has 0 aliphatic rings. The van der Waals surface area contributed by atoms with Crippen LogP contribution in [0.4, 0.5) is 0 Å². The van der Waals surface area contributed by atoms with E-state index in [0.717, 1.165) is 11.1 Å². The molecule has 0 heterocycles. The van der Waals surface area contributed by atoms with Gasteiger partial charge in [-0.2, -0.15) is 0 Å². The predicted molar refractivity (Wildman–Crippen MR) is 89.0 cm³/mol. The molecule has 0 aliphatic heterocycles. The van der Waals surface area contributed by atoms with E-state index >= 15 is 0 Å². The Bertz CT molecular complexity index is 618. The summed E-state index contributed by atoms with van der Waals surface area (Å²) < 4.78 is 11.8. The van der Waals surface area contributed by atoms with Crippen molar-refractivity contribution in [3.63, 3.8) is 0 Å². The molecule has 0 spiro atoms. The van der Waals surface area contributed by atoms with Crippen molar-refractivity contribution in [2.45, 2.75) is 0 Å². The summed E-state index contributed by atoms with van der Waals surface area (Å²) in [6.07, 6.45) is 4.98. The van der Waals surface area contributed by atoms with Crippen molar-refractivity contribution in [3.05, 3.63) is 83.3 Å². The van der Waals surface area contributed by atoms with Gasteiger partial charge in [-0.3, -0.25) is 4.79 Å². The quantitative estimate of drug-likeness (QED) is 0.602. The molecule has 0 radical (unpaired) electrons. The van der Waals surface area contributed by atoms with E-state index in [1.165, 1.54) is 6.08 Å². The average molecular weight is 296 g/mol. The first-order valence-corrected chi connectivity index (χ1v) is 7.98. The molecule has 21 heavy (non-hydrogen) atoms. The smallest absolute Gasteiger partial charge is 0.205 e. The maximum Gasteiger partial charge on any atom is 0.205 e. The third-order valence-corrected chi connectivity index (χ3v) is 3.77. The second kappa shape index (κ2) is 8.25. The lowest BCUT2D eigenvalue weighted by molar-refractivity contribution is -0.112. The summed E-state index contributed by atoms with van der Waals surface area (Å²) in [4.78, 5) is 11.7. The van der Waals surface area contributed by atoms with Gasteiger partial charge in [-0.25, -0.2) is 0 Å². The SMILES string of the molecule is O=C(/C=C\c1ccccc1)C[S+]([O-])C=Cc1ccccc1. The Labute approximate surface area is 128 Å². The zero-order valence-electron chi connectivity index (χ0n) is 11.5. The van der Waals surface area contributed by atoms with E-state index in [2.05, 4.69) is 0 Å². The second-order valence-corrected chi connectivity index (χ2v) is 5.77. The zero-order valence-corrected chi connectivity index (χ0v) is 12.3. The number of hydrogen-bond donors (Lipinski definition) is 0. The second-order valence-electron chi connectivity index (χ2n) is 4.45. The lowest BCUT2D eigenvalue weighted by Crippen LogP contribution is -2.11. The molecule has 2 aromatic carbocycles. The van der Waals surface area contributed by atoms with Crippen LogP contribution in [0.5, 0.6) is 0 Å². The molecule has 0 saturated carbocycles. The molecular formula is C18H16O2S. The van der Waals surface area contributed by atoms with Crippen LogP contribution in [-0.2, 0) is 16.0 Å². The molecule has 106 valence electrons. The molecule has 0 bridgehead atoms. The van der Waals surface area contributed by atoms with Crippen LogP contribution in [-0.4, -0.2) is 16.1 Å². The van der Waals surface area contributed by atoms with E-state index in [1.807, 2.05) is 60.7 Å².